The molecule has 25 heavy (non-hydrogen) atoms. The Balaban J connectivity index is 1.40. The Bertz CT molecular complexity index is 661. The van der Waals surface area contributed by atoms with Crippen molar-refractivity contribution in [3.05, 3.63) is 24.0 Å². The van der Waals surface area contributed by atoms with E-state index in [1.165, 1.54) is 0 Å². The molecular weight excluding hydrogens is 322 g/mol. The molecule has 1 aromatic rings. The highest BCUT2D eigenvalue weighted by Gasteiger charge is 2.33. The highest BCUT2D eigenvalue weighted by molar-refractivity contribution is 5.95. The summed E-state index contributed by atoms with van der Waals surface area (Å²) >= 11 is 0. The molecule has 2 fully saturated rings. The molecule has 2 saturated heterocycles. The van der Waals surface area contributed by atoms with E-state index in [4.69, 9.17) is 4.74 Å². The van der Waals surface area contributed by atoms with E-state index in [-0.39, 0.29) is 30.6 Å². The fourth-order valence-electron chi connectivity index (χ4n) is 3.75. The number of hydrogen-bond acceptors (Lipinski definition) is 6. The van der Waals surface area contributed by atoms with Gasteiger partial charge in [0.15, 0.2) is 0 Å². The van der Waals surface area contributed by atoms with Gasteiger partial charge in [0, 0.05) is 32.3 Å². The van der Waals surface area contributed by atoms with Gasteiger partial charge in [0.1, 0.15) is 0 Å². The minimum atomic E-state index is -0.345. The minimum Gasteiger partial charge on any atom is -0.379 e. The summed E-state index contributed by atoms with van der Waals surface area (Å²) in [6.07, 6.45) is 2.79. The molecule has 2 unspecified atom stereocenters. The summed E-state index contributed by atoms with van der Waals surface area (Å²) in [6, 6.07) is 3.77. The molecule has 0 aliphatic carbocycles. The standard InChI is InChI=1S/C17H23N5O3/c23-16-11-15(21-6-8-25-9-7-21)19-14(20-16)10-17(24)22-5-3-12-13(22)2-1-4-18-12/h1-2,4,14-15,19H,3,5-11H2,(H,20,23). The Morgan fingerprint density at radius 1 is 1.32 bits per heavy atom. The maximum atomic E-state index is 12.7. The van der Waals surface area contributed by atoms with Crippen LogP contribution in [-0.4, -0.2) is 66.9 Å². The first-order chi connectivity index (χ1) is 12.2. The number of nitrogens with one attached hydrogen (secondary N) is 2. The molecule has 2 amide bonds. The number of aromatic nitrogens is 1. The maximum absolute atomic E-state index is 12.7. The number of amides is 2. The van der Waals surface area contributed by atoms with E-state index in [1.54, 1.807) is 11.1 Å². The third kappa shape index (κ3) is 3.51. The molecule has 8 heteroatoms. The predicted molar refractivity (Wildman–Crippen MR) is 90.8 cm³/mol. The molecule has 0 bridgehead atoms. The fourth-order valence-corrected chi connectivity index (χ4v) is 3.75. The number of fused-ring (bicyclic) bond motifs is 1. The second-order valence-electron chi connectivity index (χ2n) is 6.62. The van der Waals surface area contributed by atoms with E-state index in [1.807, 2.05) is 12.1 Å². The van der Waals surface area contributed by atoms with Crippen LogP contribution in [0.5, 0.6) is 0 Å². The van der Waals surface area contributed by atoms with Crippen molar-refractivity contribution in [2.75, 3.05) is 37.7 Å². The van der Waals surface area contributed by atoms with Crippen molar-refractivity contribution in [3.63, 3.8) is 0 Å². The number of carbonyl (C=O) groups excluding carboxylic acids is 2. The van der Waals surface area contributed by atoms with Crippen molar-refractivity contribution < 1.29 is 14.3 Å². The normalized spacial score (nSPS) is 27.0. The van der Waals surface area contributed by atoms with E-state index in [2.05, 4.69) is 20.5 Å². The van der Waals surface area contributed by atoms with Crippen LogP contribution in [0.3, 0.4) is 0 Å². The van der Waals surface area contributed by atoms with Crippen LogP contribution in [0.2, 0.25) is 0 Å². The van der Waals surface area contributed by atoms with Gasteiger partial charge in [-0.15, -0.1) is 0 Å². The van der Waals surface area contributed by atoms with Crippen molar-refractivity contribution in [1.29, 1.82) is 0 Å². The average molecular weight is 345 g/mol. The molecule has 2 N–H and O–H groups in total. The van der Waals surface area contributed by atoms with E-state index in [9.17, 15) is 9.59 Å². The summed E-state index contributed by atoms with van der Waals surface area (Å²) in [5, 5.41) is 6.30. The van der Waals surface area contributed by atoms with Crippen molar-refractivity contribution in [1.82, 2.24) is 20.5 Å². The highest BCUT2D eigenvalue weighted by Crippen LogP contribution is 2.26. The van der Waals surface area contributed by atoms with Gasteiger partial charge in [0.05, 0.1) is 49.8 Å². The van der Waals surface area contributed by atoms with Gasteiger partial charge in [-0.05, 0) is 12.1 Å². The summed E-state index contributed by atoms with van der Waals surface area (Å²) in [4.78, 5) is 33.1. The topological polar surface area (TPSA) is 86.8 Å². The molecule has 4 rings (SSSR count). The van der Waals surface area contributed by atoms with Crippen LogP contribution < -0.4 is 15.5 Å². The SMILES string of the molecule is O=C1CC(N2CCOCC2)NC(CC(=O)N2CCc3ncccc32)N1. The van der Waals surface area contributed by atoms with Crippen LogP contribution in [0.1, 0.15) is 18.5 Å². The largest absolute Gasteiger partial charge is 0.379 e. The van der Waals surface area contributed by atoms with E-state index < -0.39 is 0 Å². The van der Waals surface area contributed by atoms with E-state index in [0.29, 0.717) is 26.2 Å². The number of ether oxygens (including phenoxy) is 1. The molecule has 134 valence electrons. The predicted octanol–water partition coefficient (Wildman–Crippen LogP) is -0.545. The molecular formula is C17H23N5O3. The third-order valence-electron chi connectivity index (χ3n) is 5.00. The van der Waals surface area contributed by atoms with Crippen molar-refractivity contribution in [2.45, 2.75) is 31.6 Å². The number of morpholine rings is 1. The van der Waals surface area contributed by atoms with Crippen LogP contribution in [0.15, 0.2) is 18.3 Å². The molecule has 8 nitrogen and oxygen atoms in total. The summed E-state index contributed by atoms with van der Waals surface area (Å²) < 4.78 is 5.37. The van der Waals surface area contributed by atoms with Gasteiger partial charge in [-0.3, -0.25) is 24.8 Å². The first-order valence-electron chi connectivity index (χ1n) is 8.82. The summed E-state index contributed by atoms with van der Waals surface area (Å²) in [5.74, 6) is -0.0105. The van der Waals surface area contributed by atoms with E-state index >= 15 is 0 Å². The maximum Gasteiger partial charge on any atom is 0.230 e. The van der Waals surface area contributed by atoms with Gasteiger partial charge in [-0.1, -0.05) is 0 Å². The molecule has 3 aliphatic heterocycles. The third-order valence-corrected chi connectivity index (χ3v) is 5.00. The summed E-state index contributed by atoms with van der Waals surface area (Å²) in [5.41, 5.74) is 1.85. The molecule has 3 aliphatic rings. The molecule has 1 aromatic heterocycles. The Labute approximate surface area is 146 Å². The zero-order valence-electron chi connectivity index (χ0n) is 14.1. The van der Waals surface area contributed by atoms with Gasteiger partial charge >= 0.3 is 0 Å². The Morgan fingerprint density at radius 3 is 3.00 bits per heavy atom. The number of rotatable bonds is 3. The van der Waals surface area contributed by atoms with Gasteiger partial charge in [-0.25, -0.2) is 0 Å². The first kappa shape index (κ1) is 16.4. The summed E-state index contributed by atoms with van der Waals surface area (Å²) in [6.45, 7) is 3.62. The van der Waals surface area contributed by atoms with Gasteiger partial charge < -0.3 is 15.0 Å². The Kier molecular flexibility index (Phi) is 4.65. The van der Waals surface area contributed by atoms with Crippen molar-refractivity contribution in [3.8, 4) is 0 Å². The minimum absolute atomic E-state index is 0.00665. The van der Waals surface area contributed by atoms with Crippen molar-refractivity contribution in [2.24, 2.45) is 0 Å². The molecule has 4 heterocycles. The van der Waals surface area contributed by atoms with Gasteiger partial charge in [-0.2, -0.15) is 0 Å². The lowest BCUT2D eigenvalue weighted by molar-refractivity contribution is -0.128. The summed E-state index contributed by atoms with van der Waals surface area (Å²) in [7, 11) is 0. The average Bonchev–Trinajstić information content (AvgIpc) is 3.06. The Morgan fingerprint density at radius 2 is 2.16 bits per heavy atom. The lowest BCUT2D eigenvalue weighted by atomic mass is 10.1. The molecule has 0 spiro atoms. The zero-order chi connectivity index (χ0) is 17.2. The van der Waals surface area contributed by atoms with Crippen LogP contribution >= 0.6 is 0 Å². The molecule has 0 radical (unpaired) electrons. The highest BCUT2D eigenvalue weighted by atomic mass is 16.5. The monoisotopic (exact) mass is 345 g/mol. The number of carbonyl (C=O) groups is 2. The quantitative estimate of drug-likeness (QED) is 0.765. The van der Waals surface area contributed by atoms with Crippen LogP contribution in [0.25, 0.3) is 0 Å². The number of anilines is 1. The molecule has 0 aromatic carbocycles. The van der Waals surface area contributed by atoms with Crippen LogP contribution in [0, 0.1) is 0 Å². The number of nitrogens with zero attached hydrogens (tertiary/aromatic N) is 3. The molecule has 0 saturated carbocycles. The smallest absolute Gasteiger partial charge is 0.230 e. The number of hydrogen-bond donors (Lipinski definition) is 2. The first-order valence-corrected chi connectivity index (χ1v) is 8.82. The number of pyridine rings is 1. The van der Waals surface area contributed by atoms with Gasteiger partial charge in [0.25, 0.3) is 0 Å². The van der Waals surface area contributed by atoms with E-state index in [0.717, 1.165) is 30.9 Å². The fraction of sp³-hybridized carbons (Fsp3) is 0.588. The Hall–Kier alpha value is -2.03. The second-order valence-corrected chi connectivity index (χ2v) is 6.62. The van der Waals surface area contributed by atoms with Crippen LogP contribution in [0.4, 0.5) is 5.69 Å². The molecule has 2 atom stereocenters. The van der Waals surface area contributed by atoms with Crippen LogP contribution in [-0.2, 0) is 20.7 Å². The van der Waals surface area contributed by atoms with Crippen molar-refractivity contribution >= 4 is 17.5 Å². The lowest BCUT2D eigenvalue weighted by Crippen LogP contribution is -2.63. The van der Waals surface area contributed by atoms with Gasteiger partial charge in [0.2, 0.25) is 11.8 Å². The lowest BCUT2D eigenvalue weighted by Gasteiger charge is -2.40. The zero-order valence-corrected chi connectivity index (χ0v) is 14.1. The second kappa shape index (κ2) is 7.07.